The lowest BCUT2D eigenvalue weighted by Gasteiger charge is -2.25. The molecule has 1 aromatic carbocycles. The maximum atomic E-state index is 12.7. The topological polar surface area (TPSA) is 78.9 Å². The highest BCUT2D eigenvalue weighted by atomic mass is 16.1. The summed E-state index contributed by atoms with van der Waals surface area (Å²) < 4.78 is 0. The van der Waals surface area contributed by atoms with Crippen LogP contribution >= 0.6 is 0 Å². The minimum absolute atomic E-state index is 0.173. The molecule has 0 spiro atoms. The summed E-state index contributed by atoms with van der Waals surface area (Å²) in [6.45, 7) is 2.06. The second kappa shape index (κ2) is 7.49. The molecule has 0 bridgehead atoms. The van der Waals surface area contributed by atoms with Crippen LogP contribution in [-0.2, 0) is 0 Å². The van der Waals surface area contributed by atoms with Gasteiger partial charge in [-0.3, -0.25) is 14.8 Å². The van der Waals surface area contributed by atoms with Crippen molar-refractivity contribution in [3.63, 3.8) is 0 Å². The quantitative estimate of drug-likeness (QED) is 0.676. The van der Waals surface area contributed by atoms with Crippen molar-refractivity contribution in [3.8, 4) is 0 Å². The van der Waals surface area contributed by atoms with Crippen LogP contribution in [0.1, 0.15) is 23.2 Å². The van der Waals surface area contributed by atoms with Gasteiger partial charge in [-0.05, 0) is 62.3 Å². The molecular formula is C20H21N5O. The third-order valence-electron chi connectivity index (χ3n) is 4.65. The number of benzene rings is 1. The molecule has 1 aliphatic rings. The van der Waals surface area contributed by atoms with Crippen LogP contribution in [0.15, 0.2) is 55.0 Å². The summed E-state index contributed by atoms with van der Waals surface area (Å²) >= 11 is 0. The highest BCUT2D eigenvalue weighted by molar-refractivity contribution is 6.13. The Labute approximate surface area is 152 Å². The van der Waals surface area contributed by atoms with E-state index < -0.39 is 0 Å². The van der Waals surface area contributed by atoms with E-state index in [9.17, 15) is 4.79 Å². The molecule has 1 saturated heterocycles. The van der Waals surface area contributed by atoms with Crippen molar-refractivity contribution in [1.29, 1.82) is 0 Å². The van der Waals surface area contributed by atoms with Crippen molar-refractivity contribution >= 4 is 28.2 Å². The smallest absolute Gasteiger partial charge is 0.257 e. The first-order valence-corrected chi connectivity index (χ1v) is 8.87. The van der Waals surface area contributed by atoms with Crippen molar-refractivity contribution in [2.24, 2.45) is 0 Å². The largest absolute Gasteiger partial charge is 0.382 e. The monoisotopic (exact) mass is 347 g/mol. The van der Waals surface area contributed by atoms with E-state index in [1.807, 2.05) is 24.3 Å². The fourth-order valence-electron chi connectivity index (χ4n) is 3.30. The van der Waals surface area contributed by atoms with Gasteiger partial charge in [-0.25, -0.2) is 0 Å². The predicted octanol–water partition coefficient (Wildman–Crippen LogP) is 3.05. The van der Waals surface area contributed by atoms with E-state index in [1.165, 1.54) is 0 Å². The second-order valence-corrected chi connectivity index (χ2v) is 6.42. The summed E-state index contributed by atoms with van der Waals surface area (Å²) in [5, 5.41) is 10.9. The standard InChI is InChI=1S/C20H21N5O/c26-20(25-15-7-12-22-13-8-15)17-3-4-18(16-2-1-9-23-19(16)17)24-14-5-10-21-11-6-14/h1-4,7-9,12-14,21,24H,5-6,10-11H2,(H,22,25,26). The fourth-order valence-corrected chi connectivity index (χ4v) is 3.30. The molecule has 1 amide bonds. The molecule has 0 aliphatic carbocycles. The van der Waals surface area contributed by atoms with Crippen LogP contribution in [0.5, 0.6) is 0 Å². The van der Waals surface area contributed by atoms with Gasteiger partial charge in [0.1, 0.15) is 0 Å². The third kappa shape index (κ3) is 3.50. The summed E-state index contributed by atoms with van der Waals surface area (Å²) in [7, 11) is 0. The number of rotatable bonds is 4. The van der Waals surface area contributed by atoms with Crippen LogP contribution in [0.25, 0.3) is 10.9 Å². The predicted molar refractivity (Wildman–Crippen MR) is 103 cm³/mol. The molecule has 0 radical (unpaired) electrons. The van der Waals surface area contributed by atoms with Gasteiger partial charge < -0.3 is 16.0 Å². The first-order chi connectivity index (χ1) is 12.8. The van der Waals surface area contributed by atoms with Crippen LogP contribution in [-0.4, -0.2) is 35.0 Å². The van der Waals surface area contributed by atoms with E-state index in [1.54, 1.807) is 30.7 Å². The Morgan fingerprint density at radius 2 is 1.85 bits per heavy atom. The van der Waals surface area contributed by atoms with Gasteiger partial charge in [0.25, 0.3) is 5.91 Å². The van der Waals surface area contributed by atoms with Gasteiger partial charge in [0, 0.05) is 41.4 Å². The van der Waals surface area contributed by atoms with Gasteiger partial charge in [-0.2, -0.15) is 0 Å². The minimum Gasteiger partial charge on any atom is -0.382 e. The number of carbonyl (C=O) groups is 1. The molecule has 1 aliphatic heterocycles. The number of amides is 1. The molecule has 0 saturated carbocycles. The van der Waals surface area contributed by atoms with Crippen molar-refractivity contribution in [2.45, 2.75) is 18.9 Å². The molecule has 0 unspecified atom stereocenters. The lowest BCUT2D eigenvalue weighted by Crippen LogP contribution is -2.35. The van der Waals surface area contributed by atoms with Gasteiger partial charge in [-0.15, -0.1) is 0 Å². The summed E-state index contributed by atoms with van der Waals surface area (Å²) in [6.07, 6.45) is 7.20. The number of pyridine rings is 2. The molecule has 3 N–H and O–H groups in total. The SMILES string of the molecule is O=C(Nc1ccncc1)c1ccc(NC2CCNCC2)c2cccnc12. The fraction of sp³-hybridized carbons (Fsp3) is 0.250. The molecule has 26 heavy (non-hydrogen) atoms. The van der Waals surface area contributed by atoms with Gasteiger partial charge in [-0.1, -0.05) is 0 Å². The van der Waals surface area contributed by atoms with Gasteiger partial charge >= 0.3 is 0 Å². The number of aromatic nitrogens is 2. The average molecular weight is 347 g/mol. The van der Waals surface area contributed by atoms with E-state index in [0.29, 0.717) is 22.8 Å². The van der Waals surface area contributed by atoms with E-state index >= 15 is 0 Å². The highest BCUT2D eigenvalue weighted by Crippen LogP contribution is 2.27. The number of fused-ring (bicyclic) bond motifs is 1. The zero-order chi connectivity index (χ0) is 17.8. The summed E-state index contributed by atoms with van der Waals surface area (Å²) in [5.74, 6) is -0.173. The Bertz CT molecular complexity index is 906. The molecule has 132 valence electrons. The normalized spacial score (nSPS) is 14.9. The van der Waals surface area contributed by atoms with Crippen LogP contribution in [0.4, 0.5) is 11.4 Å². The zero-order valence-corrected chi connectivity index (χ0v) is 14.4. The van der Waals surface area contributed by atoms with E-state index in [-0.39, 0.29) is 5.91 Å². The van der Waals surface area contributed by atoms with Crippen LogP contribution in [0.2, 0.25) is 0 Å². The van der Waals surface area contributed by atoms with Gasteiger partial charge in [0.05, 0.1) is 11.1 Å². The molecule has 6 heteroatoms. The summed E-state index contributed by atoms with van der Waals surface area (Å²) in [5.41, 5.74) is 3.01. The Morgan fingerprint density at radius 1 is 1.04 bits per heavy atom. The number of hydrogen-bond acceptors (Lipinski definition) is 5. The van der Waals surface area contributed by atoms with Crippen molar-refractivity contribution in [3.05, 3.63) is 60.6 Å². The molecule has 2 aromatic heterocycles. The van der Waals surface area contributed by atoms with Crippen LogP contribution in [0, 0.1) is 0 Å². The summed E-state index contributed by atoms with van der Waals surface area (Å²) in [4.78, 5) is 21.2. The second-order valence-electron chi connectivity index (χ2n) is 6.42. The number of nitrogens with zero attached hydrogens (tertiary/aromatic N) is 2. The van der Waals surface area contributed by atoms with E-state index in [2.05, 4.69) is 25.9 Å². The van der Waals surface area contributed by atoms with E-state index in [4.69, 9.17) is 0 Å². The van der Waals surface area contributed by atoms with Gasteiger partial charge in [0.2, 0.25) is 0 Å². The minimum atomic E-state index is -0.173. The lowest BCUT2D eigenvalue weighted by atomic mass is 10.0. The lowest BCUT2D eigenvalue weighted by molar-refractivity contribution is 0.102. The third-order valence-corrected chi connectivity index (χ3v) is 4.65. The Kier molecular flexibility index (Phi) is 4.75. The Hall–Kier alpha value is -2.99. The molecule has 0 atom stereocenters. The molecule has 3 aromatic rings. The first kappa shape index (κ1) is 16.5. The van der Waals surface area contributed by atoms with E-state index in [0.717, 1.165) is 37.0 Å². The maximum absolute atomic E-state index is 12.7. The molecule has 1 fully saturated rings. The van der Waals surface area contributed by atoms with Crippen LogP contribution in [0.3, 0.4) is 0 Å². The molecule has 4 rings (SSSR count). The van der Waals surface area contributed by atoms with Crippen molar-refractivity contribution < 1.29 is 4.79 Å². The highest BCUT2D eigenvalue weighted by Gasteiger charge is 2.17. The summed E-state index contributed by atoms with van der Waals surface area (Å²) in [6, 6.07) is 11.7. The number of piperidine rings is 1. The van der Waals surface area contributed by atoms with Crippen LogP contribution < -0.4 is 16.0 Å². The zero-order valence-electron chi connectivity index (χ0n) is 14.4. The van der Waals surface area contributed by atoms with Crippen molar-refractivity contribution in [1.82, 2.24) is 15.3 Å². The van der Waals surface area contributed by atoms with Crippen molar-refractivity contribution in [2.75, 3.05) is 23.7 Å². The number of anilines is 2. The van der Waals surface area contributed by atoms with Gasteiger partial charge in [0.15, 0.2) is 0 Å². The number of carbonyl (C=O) groups excluding carboxylic acids is 1. The Morgan fingerprint density at radius 3 is 2.65 bits per heavy atom. The average Bonchev–Trinajstić information content (AvgIpc) is 2.70. The molecular weight excluding hydrogens is 326 g/mol. The molecule has 3 heterocycles. The Balaban J connectivity index is 1.64. The number of hydrogen-bond donors (Lipinski definition) is 3. The maximum Gasteiger partial charge on any atom is 0.257 e. The number of nitrogens with one attached hydrogen (secondary N) is 3. The first-order valence-electron chi connectivity index (χ1n) is 8.87. The molecule has 6 nitrogen and oxygen atoms in total.